The highest BCUT2D eigenvalue weighted by Gasteiger charge is 2.35. The van der Waals surface area contributed by atoms with Gasteiger partial charge in [0, 0.05) is 11.7 Å². The maximum absolute atomic E-state index is 13.9. The molecule has 0 spiro atoms. The van der Waals surface area contributed by atoms with Gasteiger partial charge in [-0.2, -0.15) is 0 Å². The maximum atomic E-state index is 13.9. The van der Waals surface area contributed by atoms with Crippen LogP contribution in [0.2, 0.25) is 0 Å². The molecular weight excluding hydrogens is 454 g/mol. The minimum Gasteiger partial charge on any atom is -0.444 e. The number of carbonyl (C=O) groups is 3. The van der Waals surface area contributed by atoms with E-state index in [2.05, 4.69) is 10.6 Å². The van der Waals surface area contributed by atoms with Crippen LogP contribution in [-0.4, -0.2) is 41.0 Å². The second kappa shape index (κ2) is 12.1. The van der Waals surface area contributed by atoms with Gasteiger partial charge in [0.25, 0.3) is 5.91 Å². The number of para-hydroxylation sites is 1. The quantitative estimate of drug-likeness (QED) is 0.488. The number of benzene rings is 2. The van der Waals surface area contributed by atoms with E-state index in [-0.39, 0.29) is 24.4 Å². The second-order valence-corrected chi connectivity index (χ2v) is 10.4. The zero-order valence-corrected chi connectivity index (χ0v) is 23.1. The number of hydrogen-bond acceptors (Lipinski definition) is 4. The smallest absolute Gasteiger partial charge is 0.408 e. The zero-order chi connectivity index (χ0) is 27.2. The Morgan fingerprint density at radius 3 is 2.11 bits per heavy atom. The molecule has 196 valence electrons. The lowest BCUT2D eigenvalue weighted by Crippen LogP contribution is -2.50. The highest BCUT2D eigenvalue weighted by atomic mass is 16.6. The van der Waals surface area contributed by atoms with Crippen molar-refractivity contribution in [3.05, 3.63) is 64.2 Å². The van der Waals surface area contributed by atoms with Gasteiger partial charge in [-0.05, 0) is 84.1 Å². The first-order valence-corrected chi connectivity index (χ1v) is 12.5. The Labute approximate surface area is 215 Å². The number of anilines is 1. The molecule has 0 saturated heterocycles. The van der Waals surface area contributed by atoms with Gasteiger partial charge in [0.2, 0.25) is 5.91 Å². The van der Waals surface area contributed by atoms with E-state index in [4.69, 9.17) is 4.74 Å². The molecule has 0 bridgehead atoms. The van der Waals surface area contributed by atoms with Gasteiger partial charge in [0.15, 0.2) is 0 Å². The molecule has 3 amide bonds. The van der Waals surface area contributed by atoms with E-state index in [9.17, 15) is 14.4 Å². The van der Waals surface area contributed by atoms with E-state index in [1.807, 2.05) is 77.9 Å². The van der Waals surface area contributed by atoms with Crippen molar-refractivity contribution in [1.29, 1.82) is 0 Å². The van der Waals surface area contributed by atoms with Crippen molar-refractivity contribution in [1.82, 2.24) is 10.2 Å². The van der Waals surface area contributed by atoms with Crippen LogP contribution in [0.25, 0.3) is 0 Å². The van der Waals surface area contributed by atoms with Crippen molar-refractivity contribution in [2.24, 2.45) is 0 Å². The maximum Gasteiger partial charge on any atom is 0.408 e. The molecule has 0 fully saturated rings. The summed E-state index contributed by atoms with van der Waals surface area (Å²) in [4.78, 5) is 41.3. The van der Waals surface area contributed by atoms with Gasteiger partial charge < -0.3 is 20.3 Å². The van der Waals surface area contributed by atoms with Crippen molar-refractivity contribution in [2.45, 2.75) is 86.4 Å². The fourth-order valence-electron chi connectivity index (χ4n) is 4.15. The van der Waals surface area contributed by atoms with E-state index in [0.29, 0.717) is 6.42 Å². The summed E-state index contributed by atoms with van der Waals surface area (Å²) in [5, 5.41) is 5.64. The number of ether oxygens (including phenoxy) is 1. The number of alkyl carbamates (subject to hydrolysis) is 1. The van der Waals surface area contributed by atoms with Gasteiger partial charge in [0.05, 0.1) is 0 Å². The molecule has 2 aromatic carbocycles. The fraction of sp³-hybridized carbons (Fsp3) is 0.483. The summed E-state index contributed by atoms with van der Waals surface area (Å²) < 4.78 is 5.28. The standard InChI is InChI=1S/C29H41N3O4/c1-10-22(6)32(24(33)17-30-28(35)36-29(7,8)9)26(23-15-14-18(2)16-21(23)5)27(34)31-25-19(3)12-11-13-20(25)4/h11-16,22,26H,10,17H2,1-9H3,(H,30,35)(H,31,34). The molecule has 2 aromatic rings. The molecule has 2 atom stereocenters. The number of hydrogen-bond donors (Lipinski definition) is 2. The van der Waals surface area contributed by atoms with Crippen LogP contribution in [-0.2, 0) is 14.3 Å². The summed E-state index contributed by atoms with van der Waals surface area (Å²) in [6, 6.07) is 10.5. The lowest BCUT2D eigenvalue weighted by molar-refractivity contribution is -0.140. The van der Waals surface area contributed by atoms with Gasteiger partial charge in [-0.25, -0.2) is 4.79 Å². The van der Waals surface area contributed by atoms with Crippen molar-refractivity contribution in [3.8, 4) is 0 Å². The van der Waals surface area contributed by atoms with Crippen molar-refractivity contribution in [2.75, 3.05) is 11.9 Å². The third-order valence-corrected chi connectivity index (χ3v) is 6.11. The number of nitrogens with zero attached hydrogens (tertiary/aromatic N) is 1. The molecule has 2 unspecified atom stereocenters. The molecule has 0 aliphatic carbocycles. The van der Waals surface area contributed by atoms with Crippen molar-refractivity contribution < 1.29 is 19.1 Å². The van der Waals surface area contributed by atoms with Crippen molar-refractivity contribution in [3.63, 3.8) is 0 Å². The molecule has 0 saturated carbocycles. The van der Waals surface area contributed by atoms with Gasteiger partial charge in [-0.15, -0.1) is 0 Å². The predicted octanol–water partition coefficient (Wildman–Crippen LogP) is 5.75. The van der Waals surface area contributed by atoms with E-state index in [0.717, 1.165) is 33.5 Å². The summed E-state index contributed by atoms with van der Waals surface area (Å²) in [6.07, 6.45) is -0.0426. The van der Waals surface area contributed by atoms with E-state index < -0.39 is 17.7 Å². The third-order valence-electron chi connectivity index (χ3n) is 6.11. The van der Waals surface area contributed by atoms with Crippen molar-refractivity contribution >= 4 is 23.6 Å². The SMILES string of the molecule is CCC(C)N(C(=O)CNC(=O)OC(C)(C)C)C(C(=O)Nc1c(C)cccc1C)c1ccc(C)cc1C. The molecule has 0 heterocycles. The number of amides is 3. The molecule has 7 nitrogen and oxygen atoms in total. The summed E-state index contributed by atoms with van der Waals surface area (Å²) in [5.41, 5.74) is 4.66. The van der Waals surface area contributed by atoms with Gasteiger partial charge in [-0.3, -0.25) is 9.59 Å². The lowest BCUT2D eigenvalue weighted by Gasteiger charge is -2.37. The molecule has 0 radical (unpaired) electrons. The first kappa shape index (κ1) is 28.9. The fourth-order valence-corrected chi connectivity index (χ4v) is 4.15. The average molecular weight is 496 g/mol. The Balaban J connectivity index is 2.49. The topological polar surface area (TPSA) is 87.7 Å². The van der Waals surface area contributed by atoms with Crippen LogP contribution in [0, 0.1) is 27.7 Å². The van der Waals surface area contributed by atoms with Crippen LogP contribution in [0.3, 0.4) is 0 Å². The zero-order valence-electron chi connectivity index (χ0n) is 23.1. The van der Waals surface area contributed by atoms with Crippen LogP contribution < -0.4 is 10.6 Å². The minimum atomic E-state index is -0.882. The van der Waals surface area contributed by atoms with E-state index in [1.165, 1.54) is 0 Å². The first-order valence-electron chi connectivity index (χ1n) is 12.5. The third kappa shape index (κ3) is 7.57. The highest BCUT2D eigenvalue weighted by Crippen LogP contribution is 2.30. The van der Waals surface area contributed by atoms with Crippen LogP contribution >= 0.6 is 0 Å². The Kier molecular flexibility index (Phi) is 9.68. The lowest BCUT2D eigenvalue weighted by atomic mass is 9.95. The molecule has 2 N–H and O–H groups in total. The van der Waals surface area contributed by atoms with Crippen LogP contribution in [0.15, 0.2) is 36.4 Å². The van der Waals surface area contributed by atoms with E-state index >= 15 is 0 Å². The molecule has 7 heteroatoms. The molecule has 0 aromatic heterocycles. The first-order chi connectivity index (χ1) is 16.7. The van der Waals surface area contributed by atoms with Gasteiger partial charge >= 0.3 is 6.09 Å². The molecule has 0 aliphatic heterocycles. The number of carbonyl (C=O) groups excluding carboxylic acids is 3. The normalized spacial score (nSPS) is 12.9. The van der Waals surface area contributed by atoms with Gasteiger partial charge in [0.1, 0.15) is 18.2 Å². The van der Waals surface area contributed by atoms with Crippen LogP contribution in [0.1, 0.15) is 74.9 Å². The molecule has 2 rings (SSSR count). The summed E-state index contributed by atoms with van der Waals surface area (Å²) in [6.45, 7) is 16.7. The van der Waals surface area contributed by atoms with Crippen LogP contribution in [0.5, 0.6) is 0 Å². The molecular formula is C29H41N3O4. The van der Waals surface area contributed by atoms with E-state index in [1.54, 1.807) is 25.7 Å². The Morgan fingerprint density at radius 2 is 1.58 bits per heavy atom. The monoisotopic (exact) mass is 495 g/mol. The predicted molar refractivity (Wildman–Crippen MR) is 144 cm³/mol. The number of aryl methyl sites for hydroxylation is 4. The number of nitrogens with one attached hydrogen (secondary N) is 2. The average Bonchev–Trinajstić information content (AvgIpc) is 2.77. The van der Waals surface area contributed by atoms with Gasteiger partial charge in [-0.1, -0.05) is 48.9 Å². The number of rotatable bonds is 8. The minimum absolute atomic E-state index is 0.257. The highest BCUT2D eigenvalue weighted by molar-refractivity contribution is 5.99. The summed E-state index contributed by atoms with van der Waals surface area (Å²) >= 11 is 0. The summed E-state index contributed by atoms with van der Waals surface area (Å²) in [7, 11) is 0. The summed E-state index contributed by atoms with van der Waals surface area (Å²) in [5.74, 6) is -0.665. The Morgan fingerprint density at radius 1 is 0.972 bits per heavy atom. The second-order valence-electron chi connectivity index (χ2n) is 10.4. The molecule has 36 heavy (non-hydrogen) atoms. The Hall–Kier alpha value is -3.35. The Bertz CT molecular complexity index is 1080. The van der Waals surface area contributed by atoms with Crippen LogP contribution in [0.4, 0.5) is 10.5 Å². The molecule has 0 aliphatic rings. The largest absolute Gasteiger partial charge is 0.444 e.